The fourth-order valence-electron chi connectivity index (χ4n) is 1.92. The van der Waals surface area contributed by atoms with E-state index in [0.29, 0.717) is 6.04 Å². The van der Waals surface area contributed by atoms with Crippen LogP contribution in [0.5, 0.6) is 0 Å². The predicted octanol–water partition coefficient (Wildman–Crippen LogP) is 4.01. The lowest BCUT2D eigenvalue weighted by Crippen LogP contribution is -2.29. The molecule has 0 aliphatic heterocycles. The first-order valence-corrected chi connectivity index (χ1v) is 7.87. The van der Waals surface area contributed by atoms with Gasteiger partial charge >= 0.3 is 0 Å². The lowest BCUT2D eigenvalue weighted by Gasteiger charge is -2.19. The molecule has 0 aromatic carbocycles. The number of likely N-dealkylation sites (N-methyl/N-ethyl adjacent to an activating group) is 1. The van der Waals surface area contributed by atoms with Crippen LogP contribution >= 0.6 is 11.3 Å². The van der Waals surface area contributed by atoms with Crippen molar-refractivity contribution in [1.29, 1.82) is 0 Å². The highest BCUT2D eigenvalue weighted by atomic mass is 32.1. The van der Waals surface area contributed by atoms with Crippen LogP contribution < -0.4 is 5.32 Å². The van der Waals surface area contributed by atoms with Gasteiger partial charge in [-0.05, 0) is 19.4 Å². The molecule has 0 aliphatic carbocycles. The topological polar surface area (TPSA) is 24.9 Å². The van der Waals surface area contributed by atoms with Gasteiger partial charge in [-0.25, -0.2) is 4.98 Å². The molecule has 1 rings (SSSR count). The van der Waals surface area contributed by atoms with E-state index in [4.69, 9.17) is 4.98 Å². The number of nitrogens with one attached hydrogen (secondary N) is 1. The van der Waals surface area contributed by atoms with E-state index >= 15 is 0 Å². The average Bonchev–Trinajstić information content (AvgIpc) is 2.76. The molecule has 1 aromatic heterocycles. The molecule has 0 amide bonds. The normalized spacial score (nSPS) is 15.7. The highest BCUT2D eigenvalue weighted by molar-refractivity contribution is 7.09. The van der Waals surface area contributed by atoms with Gasteiger partial charge in [0.05, 0.1) is 10.7 Å². The second kappa shape index (κ2) is 6.67. The maximum atomic E-state index is 4.78. The molecular formula is C15H28N2S. The molecule has 2 nitrogen and oxygen atoms in total. The molecule has 0 fully saturated rings. The highest BCUT2D eigenvalue weighted by Gasteiger charge is 2.19. The Labute approximate surface area is 116 Å². The van der Waals surface area contributed by atoms with Crippen molar-refractivity contribution in [3.05, 3.63) is 16.1 Å². The van der Waals surface area contributed by atoms with E-state index in [1.54, 1.807) is 11.3 Å². The SMILES string of the molecule is CCC(C)CC(Cc1nc(C(C)(C)C)cs1)NC. The van der Waals surface area contributed by atoms with Crippen LogP contribution in [-0.4, -0.2) is 18.1 Å². The molecule has 0 spiro atoms. The van der Waals surface area contributed by atoms with Crippen molar-refractivity contribution >= 4 is 11.3 Å². The number of nitrogens with zero attached hydrogens (tertiary/aromatic N) is 1. The first kappa shape index (κ1) is 15.6. The third kappa shape index (κ3) is 4.69. The number of hydrogen-bond donors (Lipinski definition) is 1. The molecular weight excluding hydrogens is 240 g/mol. The Morgan fingerprint density at radius 2 is 2.06 bits per heavy atom. The molecule has 0 saturated heterocycles. The van der Waals surface area contributed by atoms with E-state index in [9.17, 15) is 0 Å². The Morgan fingerprint density at radius 3 is 2.50 bits per heavy atom. The van der Waals surface area contributed by atoms with E-state index in [1.807, 2.05) is 0 Å². The van der Waals surface area contributed by atoms with Crippen LogP contribution in [0.15, 0.2) is 5.38 Å². The zero-order valence-electron chi connectivity index (χ0n) is 12.7. The van der Waals surface area contributed by atoms with Crippen LogP contribution in [-0.2, 0) is 11.8 Å². The summed E-state index contributed by atoms with van der Waals surface area (Å²) < 4.78 is 0. The minimum Gasteiger partial charge on any atom is -0.317 e. The van der Waals surface area contributed by atoms with Crippen molar-refractivity contribution in [2.24, 2.45) is 5.92 Å². The van der Waals surface area contributed by atoms with Gasteiger partial charge < -0.3 is 5.32 Å². The maximum absolute atomic E-state index is 4.78. The summed E-state index contributed by atoms with van der Waals surface area (Å²) in [6.45, 7) is 11.3. The number of rotatable bonds is 6. The molecule has 0 radical (unpaired) electrons. The Bertz CT molecular complexity index is 352. The van der Waals surface area contributed by atoms with Gasteiger partial charge in [-0.15, -0.1) is 11.3 Å². The monoisotopic (exact) mass is 268 g/mol. The molecule has 0 saturated carbocycles. The molecule has 1 N–H and O–H groups in total. The van der Waals surface area contributed by atoms with Gasteiger partial charge in [-0.1, -0.05) is 41.0 Å². The van der Waals surface area contributed by atoms with Crippen molar-refractivity contribution in [3.8, 4) is 0 Å². The Morgan fingerprint density at radius 1 is 1.39 bits per heavy atom. The number of hydrogen-bond acceptors (Lipinski definition) is 3. The van der Waals surface area contributed by atoms with Gasteiger partial charge in [0.25, 0.3) is 0 Å². The van der Waals surface area contributed by atoms with E-state index in [1.165, 1.54) is 23.5 Å². The molecule has 2 atom stereocenters. The van der Waals surface area contributed by atoms with Crippen molar-refractivity contribution in [2.75, 3.05) is 7.05 Å². The lowest BCUT2D eigenvalue weighted by molar-refractivity contribution is 0.409. The standard InChI is InChI=1S/C15H28N2S/c1-7-11(2)8-12(16-6)9-14-17-13(10-18-14)15(3,4)5/h10-12,16H,7-9H2,1-6H3. The molecule has 0 bridgehead atoms. The fraction of sp³-hybridized carbons (Fsp3) is 0.800. The molecule has 2 unspecified atom stereocenters. The Balaban J connectivity index is 2.62. The second-order valence-electron chi connectivity index (χ2n) is 6.32. The zero-order chi connectivity index (χ0) is 13.8. The predicted molar refractivity (Wildman–Crippen MR) is 81.4 cm³/mol. The first-order chi connectivity index (χ1) is 8.36. The van der Waals surface area contributed by atoms with Crippen molar-refractivity contribution in [2.45, 2.75) is 65.3 Å². The van der Waals surface area contributed by atoms with Gasteiger partial charge in [-0.3, -0.25) is 0 Å². The summed E-state index contributed by atoms with van der Waals surface area (Å²) in [7, 11) is 2.06. The minimum atomic E-state index is 0.167. The number of aromatic nitrogens is 1. The van der Waals surface area contributed by atoms with Crippen molar-refractivity contribution in [1.82, 2.24) is 10.3 Å². The van der Waals surface area contributed by atoms with E-state index in [0.717, 1.165) is 12.3 Å². The first-order valence-electron chi connectivity index (χ1n) is 6.99. The van der Waals surface area contributed by atoms with Crippen LogP contribution in [0.1, 0.15) is 58.2 Å². The maximum Gasteiger partial charge on any atom is 0.0944 e. The van der Waals surface area contributed by atoms with E-state index in [-0.39, 0.29) is 5.41 Å². The number of thiazole rings is 1. The van der Waals surface area contributed by atoms with Crippen molar-refractivity contribution in [3.63, 3.8) is 0 Å². The molecule has 104 valence electrons. The summed E-state index contributed by atoms with van der Waals surface area (Å²) in [5.74, 6) is 0.782. The van der Waals surface area contributed by atoms with Gasteiger partial charge in [-0.2, -0.15) is 0 Å². The summed E-state index contributed by atoms with van der Waals surface area (Å²) in [5.41, 5.74) is 1.39. The summed E-state index contributed by atoms with van der Waals surface area (Å²) >= 11 is 1.80. The fourth-order valence-corrected chi connectivity index (χ4v) is 3.02. The van der Waals surface area contributed by atoms with Gasteiger partial charge in [0.15, 0.2) is 0 Å². The van der Waals surface area contributed by atoms with Crippen LogP contribution in [0.25, 0.3) is 0 Å². The smallest absolute Gasteiger partial charge is 0.0944 e. The van der Waals surface area contributed by atoms with Gasteiger partial charge in [0, 0.05) is 23.3 Å². The third-order valence-corrected chi connectivity index (χ3v) is 4.40. The Kier molecular flexibility index (Phi) is 5.80. The zero-order valence-corrected chi connectivity index (χ0v) is 13.5. The summed E-state index contributed by atoms with van der Waals surface area (Å²) in [6.07, 6.45) is 3.54. The molecule has 1 heterocycles. The van der Waals surface area contributed by atoms with Crippen LogP contribution in [0.4, 0.5) is 0 Å². The van der Waals surface area contributed by atoms with Gasteiger partial charge in [0.1, 0.15) is 0 Å². The molecule has 0 aliphatic rings. The quantitative estimate of drug-likeness (QED) is 0.843. The lowest BCUT2D eigenvalue weighted by atomic mass is 9.93. The Hall–Kier alpha value is -0.410. The highest BCUT2D eigenvalue weighted by Crippen LogP contribution is 2.25. The van der Waals surface area contributed by atoms with E-state index in [2.05, 4.69) is 52.4 Å². The summed E-state index contributed by atoms with van der Waals surface area (Å²) in [5, 5.41) is 6.91. The van der Waals surface area contributed by atoms with Crippen LogP contribution in [0.3, 0.4) is 0 Å². The van der Waals surface area contributed by atoms with Crippen LogP contribution in [0.2, 0.25) is 0 Å². The van der Waals surface area contributed by atoms with Crippen molar-refractivity contribution < 1.29 is 0 Å². The third-order valence-electron chi connectivity index (χ3n) is 3.53. The second-order valence-corrected chi connectivity index (χ2v) is 7.26. The largest absolute Gasteiger partial charge is 0.317 e. The van der Waals surface area contributed by atoms with E-state index < -0.39 is 0 Å². The minimum absolute atomic E-state index is 0.167. The molecule has 18 heavy (non-hydrogen) atoms. The molecule has 1 aromatic rings. The van der Waals surface area contributed by atoms with Gasteiger partial charge in [0.2, 0.25) is 0 Å². The summed E-state index contributed by atoms with van der Waals surface area (Å²) in [4.78, 5) is 4.78. The average molecular weight is 268 g/mol. The van der Waals surface area contributed by atoms with Crippen LogP contribution in [0, 0.1) is 5.92 Å². The molecule has 3 heteroatoms. The summed E-state index contributed by atoms with van der Waals surface area (Å²) in [6, 6.07) is 0.555.